The minimum atomic E-state index is -3.54. The lowest BCUT2D eigenvalue weighted by Crippen LogP contribution is -2.27. The Kier molecular flexibility index (Phi) is 7.40. The second-order valence-corrected chi connectivity index (χ2v) is 10.9. The molecule has 0 unspecified atom stereocenters. The van der Waals surface area contributed by atoms with Crippen LogP contribution in [0.25, 0.3) is 0 Å². The molecule has 1 aromatic carbocycles. The van der Waals surface area contributed by atoms with Crippen LogP contribution in [0.1, 0.15) is 56.2 Å². The van der Waals surface area contributed by atoms with E-state index in [0.717, 1.165) is 22.6 Å². The lowest BCUT2D eigenvalue weighted by Gasteiger charge is -2.15. The number of carbonyl (C=O) groups excluding carboxylic acids is 3. The lowest BCUT2D eigenvalue weighted by atomic mass is 10.1. The number of nitrogens with zero attached hydrogens (tertiary/aromatic N) is 1. The first-order chi connectivity index (χ1) is 14.7. The Morgan fingerprint density at radius 2 is 1.65 bits per heavy atom. The zero-order valence-corrected chi connectivity index (χ0v) is 19.2. The second-order valence-electron chi connectivity index (χ2n) is 7.47. The number of hydrogen-bond donors (Lipinski definition) is 0. The molecule has 0 atom stereocenters. The van der Waals surface area contributed by atoms with E-state index in [1.165, 1.54) is 39.9 Å². The van der Waals surface area contributed by atoms with Crippen LogP contribution < -0.4 is 0 Å². The summed E-state index contributed by atoms with van der Waals surface area (Å²) >= 11 is 1.53. The van der Waals surface area contributed by atoms with Gasteiger partial charge >= 0.3 is 5.97 Å². The highest BCUT2D eigenvalue weighted by Crippen LogP contribution is 2.23. The van der Waals surface area contributed by atoms with Crippen LogP contribution in [0.4, 0.5) is 0 Å². The van der Waals surface area contributed by atoms with E-state index in [1.54, 1.807) is 0 Å². The third-order valence-electron chi connectivity index (χ3n) is 5.14. The Morgan fingerprint density at radius 3 is 2.23 bits per heavy atom. The summed E-state index contributed by atoms with van der Waals surface area (Å²) < 4.78 is 31.5. The third-order valence-corrected chi connectivity index (χ3v) is 8.02. The summed E-state index contributed by atoms with van der Waals surface area (Å²) in [4.78, 5) is 38.5. The first kappa shape index (κ1) is 23.3. The number of Topliss-reactive ketones (excluding diaryl/α,β-unsaturated/α-hetero) is 2. The van der Waals surface area contributed by atoms with Gasteiger partial charge in [-0.3, -0.25) is 14.4 Å². The van der Waals surface area contributed by atoms with Gasteiger partial charge in [-0.15, -0.1) is 11.3 Å². The molecular formula is C22H25NO6S2. The molecule has 2 heterocycles. The standard InChI is InChI=1S/C22H25NO6S2/c1-15-13-19(16(2)30-15)20(24)9-10-22(26)29-14-21(25)17-5-7-18(8-6-17)31(27,28)23-11-3-4-12-23/h5-8,13H,3-4,9-12,14H2,1-2H3. The summed E-state index contributed by atoms with van der Waals surface area (Å²) in [5.74, 6) is -1.19. The smallest absolute Gasteiger partial charge is 0.306 e. The Balaban J connectivity index is 1.49. The van der Waals surface area contributed by atoms with E-state index in [9.17, 15) is 22.8 Å². The maximum absolute atomic E-state index is 12.5. The van der Waals surface area contributed by atoms with Gasteiger partial charge in [-0.25, -0.2) is 8.42 Å². The minimum Gasteiger partial charge on any atom is -0.457 e. The molecule has 1 aliphatic rings. The van der Waals surface area contributed by atoms with E-state index in [2.05, 4.69) is 0 Å². The van der Waals surface area contributed by atoms with Crippen molar-refractivity contribution in [3.05, 3.63) is 51.2 Å². The number of benzene rings is 1. The van der Waals surface area contributed by atoms with Gasteiger partial charge in [-0.05, 0) is 57.0 Å². The highest BCUT2D eigenvalue weighted by Gasteiger charge is 2.27. The number of ketones is 2. The molecular weight excluding hydrogens is 438 g/mol. The average Bonchev–Trinajstić information content (AvgIpc) is 3.40. The maximum atomic E-state index is 12.5. The van der Waals surface area contributed by atoms with Crippen molar-refractivity contribution in [3.63, 3.8) is 0 Å². The SMILES string of the molecule is Cc1cc(C(=O)CCC(=O)OCC(=O)c2ccc(S(=O)(=O)N3CCCC3)cc2)c(C)s1. The number of hydrogen-bond acceptors (Lipinski definition) is 7. The van der Waals surface area contributed by atoms with Gasteiger partial charge in [-0.1, -0.05) is 0 Å². The van der Waals surface area contributed by atoms with Crippen LogP contribution in [0, 0.1) is 13.8 Å². The molecule has 1 fully saturated rings. The fraction of sp³-hybridized carbons (Fsp3) is 0.409. The second kappa shape index (κ2) is 9.84. The number of sulfonamides is 1. The van der Waals surface area contributed by atoms with Crippen LogP contribution in [0.5, 0.6) is 0 Å². The average molecular weight is 464 g/mol. The molecule has 1 aliphatic heterocycles. The minimum absolute atomic E-state index is 0.0209. The van der Waals surface area contributed by atoms with Crippen molar-refractivity contribution in [1.29, 1.82) is 0 Å². The molecule has 31 heavy (non-hydrogen) atoms. The van der Waals surface area contributed by atoms with Crippen molar-refractivity contribution < 1.29 is 27.5 Å². The number of aryl methyl sites for hydroxylation is 2. The molecule has 0 saturated carbocycles. The third kappa shape index (κ3) is 5.66. The van der Waals surface area contributed by atoms with Gasteiger partial charge in [-0.2, -0.15) is 4.31 Å². The Bertz CT molecular complexity index is 1080. The zero-order valence-electron chi connectivity index (χ0n) is 17.5. The summed E-state index contributed by atoms with van der Waals surface area (Å²) in [5.41, 5.74) is 0.879. The zero-order chi connectivity index (χ0) is 22.6. The first-order valence-corrected chi connectivity index (χ1v) is 12.3. The van der Waals surface area contributed by atoms with Crippen LogP contribution in [0.2, 0.25) is 0 Å². The number of ether oxygens (including phenoxy) is 1. The molecule has 0 aliphatic carbocycles. The van der Waals surface area contributed by atoms with Crippen LogP contribution in [0.15, 0.2) is 35.2 Å². The van der Waals surface area contributed by atoms with Crippen molar-refractivity contribution in [2.75, 3.05) is 19.7 Å². The van der Waals surface area contributed by atoms with Gasteiger partial charge in [0.2, 0.25) is 10.0 Å². The van der Waals surface area contributed by atoms with Crippen molar-refractivity contribution in [1.82, 2.24) is 4.31 Å². The van der Waals surface area contributed by atoms with Crippen molar-refractivity contribution in [2.24, 2.45) is 0 Å². The summed E-state index contributed by atoms with van der Waals surface area (Å²) in [5, 5.41) is 0. The van der Waals surface area contributed by atoms with Gasteiger partial charge in [0.1, 0.15) is 0 Å². The van der Waals surface area contributed by atoms with E-state index in [0.29, 0.717) is 18.7 Å². The molecule has 2 aromatic rings. The maximum Gasteiger partial charge on any atom is 0.306 e. The topological polar surface area (TPSA) is 97.8 Å². The fourth-order valence-electron chi connectivity index (χ4n) is 3.45. The predicted molar refractivity (Wildman–Crippen MR) is 117 cm³/mol. The molecule has 9 heteroatoms. The lowest BCUT2D eigenvalue weighted by molar-refractivity contribution is -0.142. The normalized spacial score (nSPS) is 14.5. The van der Waals surface area contributed by atoms with Crippen molar-refractivity contribution >= 4 is 38.9 Å². The molecule has 0 N–H and O–H groups in total. The van der Waals surface area contributed by atoms with Crippen LogP contribution >= 0.6 is 11.3 Å². The number of carbonyl (C=O) groups is 3. The van der Waals surface area contributed by atoms with E-state index in [4.69, 9.17) is 4.74 Å². The molecule has 0 bridgehead atoms. The van der Waals surface area contributed by atoms with E-state index in [-0.39, 0.29) is 29.1 Å². The van der Waals surface area contributed by atoms with E-state index >= 15 is 0 Å². The molecule has 166 valence electrons. The summed E-state index contributed by atoms with van der Waals surface area (Å²) in [6.07, 6.45) is 1.61. The molecule has 1 aromatic heterocycles. The fourth-order valence-corrected chi connectivity index (χ4v) is 5.91. The van der Waals surface area contributed by atoms with Crippen LogP contribution in [-0.4, -0.2) is 50.0 Å². The van der Waals surface area contributed by atoms with Gasteiger partial charge in [0.05, 0.1) is 11.3 Å². The Labute approximate surface area is 186 Å². The molecule has 7 nitrogen and oxygen atoms in total. The monoisotopic (exact) mass is 463 g/mol. The molecule has 1 saturated heterocycles. The summed E-state index contributed by atoms with van der Waals surface area (Å²) in [7, 11) is -3.54. The van der Waals surface area contributed by atoms with Gasteiger partial charge in [0.15, 0.2) is 18.2 Å². The highest BCUT2D eigenvalue weighted by molar-refractivity contribution is 7.89. The predicted octanol–water partition coefficient (Wildman–Crippen LogP) is 3.54. The molecule has 3 rings (SSSR count). The Hall–Kier alpha value is -2.36. The number of esters is 1. The van der Waals surface area contributed by atoms with Gasteiger partial charge in [0.25, 0.3) is 0 Å². The van der Waals surface area contributed by atoms with E-state index in [1.807, 2.05) is 19.9 Å². The molecule has 0 radical (unpaired) electrons. The van der Waals surface area contributed by atoms with Crippen LogP contribution in [0.3, 0.4) is 0 Å². The number of thiophene rings is 1. The quantitative estimate of drug-likeness (QED) is 0.417. The van der Waals surface area contributed by atoms with Gasteiger partial charge < -0.3 is 4.74 Å². The van der Waals surface area contributed by atoms with Gasteiger partial charge in [0, 0.05) is 40.4 Å². The molecule has 0 amide bonds. The largest absolute Gasteiger partial charge is 0.457 e. The van der Waals surface area contributed by atoms with Crippen molar-refractivity contribution in [2.45, 2.75) is 44.4 Å². The van der Waals surface area contributed by atoms with Crippen LogP contribution in [-0.2, 0) is 19.6 Å². The summed E-state index contributed by atoms with van der Waals surface area (Å²) in [6, 6.07) is 7.44. The van der Waals surface area contributed by atoms with E-state index < -0.39 is 28.4 Å². The first-order valence-electron chi connectivity index (χ1n) is 10.1. The molecule has 0 spiro atoms. The summed E-state index contributed by atoms with van der Waals surface area (Å²) in [6.45, 7) is 4.34. The Morgan fingerprint density at radius 1 is 1.00 bits per heavy atom. The number of rotatable bonds is 9. The highest BCUT2D eigenvalue weighted by atomic mass is 32.2. The van der Waals surface area contributed by atoms with Crippen molar-refractivity contribution in [3.8, 4) is 0 Å².